The number of anilines is 2. The van der Waals surface area contributed by atoms with E-state index in [1.807, 2.05) is 6.07 Å². The van der Waals surface area contributed by atoms with Crippen molar-refractivity contribution in [3.8, 4) is 0 Å². The van der Waals surface area contributed by atoms with Gasteiger partial charge in [0.1, 0.15) is 0 Å². The maximum absolute atomic E-state index is 11.0. The fraction of sp³-hybridized carbons (Fsp3) is 0.462. The summed E-state index contributed by atoms with van der Waals surface area (Å²) < 4.78 is 0. The van der Waals surface area contributed by atoms with Gasteiger partial charge in [0.2, 0.25) is 0 Å². The van der Waals surface area contributed by atoms with E-state index < -0.39 is 5.97 Å². The molecule has 3 rings (SSSR count). The Balaban J connectivity index is 2.05. The summed E-state index contributed by atoms with van der Waals surface area (Å²) in [7, 11) is 0. The molecule has 0 bridgehead atoms. The molecule has 1 fully saturated rings. The molecular weight excluding hydrogens is 216 g/mol. The van der Waals surface area contributed by atoms with Gasteiger partial charge in [-0.15, -0.1) is 0 Å². The number of carbonyl (C=O) groups is 1. The number of fused-ring (bicyclic) bond motifs is 1. The summed E-state index contributed by atoms with van der Waals surface area (Å²) in [6.07, 6.45) is 2.45. The van der Waals surface area contributed by atoms with Gasteiger partial charge >= 0.3 is 5.97 Å². The van der Waals surface area contributed by atoms with Crippen LogP contribution in [0.4, 0.5) is 11.4 Å². The van der Waals surface area contributed by atoms with Crippen molar-refractivity contribution < 1.29 is 9.90 Å². The van der Waals surface area contributed by atoms with Crippen LogP contribution in [0, 0.1) is 0 Å². The van der Waals surface area contributed by atoms with Crippen molar-refractivity contribution in [2.45, 2.75) is 31.8 Å². The van der Waals surface area contributed by atoms with Crippen molar-refractivity contribution in [3.05, 3.63) is 23.8 Å². The first-order valence-corrected chi connectivity index (χ1v) is 6.06. The Bertz CT molecular complexity index is 468. The first kappa shape index (κ1) is 10.4. The van der Waals surface area contributed by atoms with Crippen LogP contribution in [-0.2, 0) is 0 Å². The second kappa shape index (κ2) is 3.65. The van der Waals surface area contributed by atoms with Crippen molar-refractivity contribution in [1.29, 1.82) is 0 Å². The zero-order valence-corrected chi connectivity index (χ0v) is 9.81. The third-order valence-corrected chi connectivity index (χ3v) is 3.53. The predicted octanol–water partition coefficient (Wildman–Crippen LogP) is 2.17. The molecule has 1 aromatic carbocycles. The molecule has 0 saturated heterocycles. The van der Waals surface area contributed by atoms with E-state index in [0.29, 0.717) is 17.6 Å². The zero-order chi connectivity index (χ0) is 12.0. The monoisotopic (exact) mass is 232 g/mol. The fourth-order valence-electron chi connectivity index (χ4n) is 2.53. The Hall–Kier alpha value is -1.71. The summed E-state index contributed by atoms with van der Waals surface area (Å²) in [6.45, 7) is 3.11. The molecule has 0 spiro atoms. The Kier molecular flexibility index (Phi) is 2.24. The van der Waals surface area contributed by atoms with E-state index in [2.05, 4.69) is 17.1 Å². The summed E-state index contributed by atoms with van der Waals surface area (Å²) in [4.78, 5) is 13.4. The van der Waals surface area contributed by atoms with Crippen molar-refractivity contribution in [3.63, 3.8) is 0 Å². The maximum Gasteiger partial charge on any atom is 0.335 e. The van der Waals surface area contributed by atoms with E-state index >= 15 is 0 Å². The van der Waals surface area contributed by atoms with Crippen LogP contribution in [0.5, 0.6) is 0 Å². The largest absolute Gasteiger partial charge is 0.478 e. The lowest BCUT2D eigenvalue weighted by Gasteiger charge is -2.38. The molecule has 1 aromatic rings. The quantitative estimate of drug-likeness (QED) is 0.820. The van der Waals surface area contributed by atoms with Crippen LogP contribution in [0.2, 0.25) is 0 Å². The van der Waals surface area contributed by atoms with Gasteiger partial charge in [0, 0.05) is 18.6 Å². The van der Waals surface area contributed by atoms with Gasteiger partial charge in [0.15, 0.2) is 0 Å². The maximum atomic E-state index is 11.0. The number of carboxylic acid groups (broad SMARTS) is 1. The standard InChI is InChI=1S/C13H16N2O2/c1-8-7-14-11-5-2-9(13(16)17)6-12(11)15(8)10-3-4-10/h2,5-6,8,10,14H,3-4,7H2,1H3,(H,16,17). The average molecular weight is 232 g/mol. The molecule has 2 N–H and O–H groups in total. The van der Waals surface area contributed by atoms with E-state index in [4.69, 9.17) is 5.11 Å². The van der Waals surface area contributed by atoms with Gasteiger partial charge in [-0.25, -0.2) is 4.79 Å². The minimum Gasteiger partial charge on any atom is -0.478 e. The lowest BCUT2D eigenvalue weighted by molar-refractivity contribution is 0.0697. The first-order valence-electron chi connectivity index (χ1n) is 6.06. The Labute approximate surface area is 100 Å². The molecule has 1 aliphatic heterocycles. The molecule has 17 heavy (non-hydrogen) atoms. The number of hydrogen-bond acceptors (Lipinski definition) is 3. The summed E-state index contributed by atoms with van der Waals surface area (Å²) in [5, 5.41) is 12.4. The molecule has 1 atom stereocenters. The predicted molar refractivity (Wildman–Crippen MR) is 66.9 cm³/mol. The van der Waals surface area contributed by atoms with Crippen molar-refractivity contribution in [1.82, 2.24) is 0 Å². The molecule has 1 saturated carbocycles. The number of aromatic carboxylic acids is 1. The molecular formula is C13H16N2O2. The zero-order valence-electron chi connectivity index (χ0n) is 9.81. The summed E-state index contributed by atoms with van der Waals surface area (Å²) >= 11 is 0. The Morgan fingerprint density at radius 3 is 2.88 bits per heavy atom. The van der Waals surface area contributed by atoms with E-state index in [0.717, 1.165) is 17.9 Å². The highest BCUT2D eigenvalue weighted by atomic mass is 16.4. The lowest BCUT2D eigenvalue weighted by atomic mass is 10.1. The van der Waals surface area contributed by atoms with Crippen LogP contribution < -0.4 is 10.2 Å². The minimum atomic E-state index is -0.859. The molecule has 4 heteroatoms. The topological polar surface area (TPSA) is 52.6 Å². The third-order valence-electron chi connectivity index (χ3n) is 3.53. The number of nitrogens with one attached hydrogen (secondary N) is 1. The molecule has 0 aromatic heterocycles. The smallest absolute Gasteiger partial charge is 0.335 e. The van der Waals surface area contributed by atoms with Gasteiger partial charge in [0.25, 0.3) is 0 Å². The third kappa shape index (κ3) is 1.73. The lowest BCUT2D eigenvalue weighted by Crippen LogP contribution is -2.43. The van der Waals surface area contributed by atoms with Crippen LogP contribution >= 0.6 is 0 Å². The molecule has 1 heterocycles. The number of rotatable bonds is 2. The molecule has 1 unspecified atom stereocenters. The van der Waals surface area contributed by atoms with Crippen LogP contribution in [0.1, 0.15) is 30.1 Å². The normalized spacial score (nSPS) is 22.9. The van der Waals surface area contributed by atoms with Gasteiger partial charge in [0.05, 0.1) is 16.9 Å². The first-order chi connectivity index (χ1) is 8.16. The van der Waals surface area contributed by atoms with Crippen LogP contribution in [0.3, 0.4) is 0 Å². The number of benzene rings is 1. The van der Waals surface area contributed by atoms with Crippen LogP contribution in [-0.4, -0.2) is 29.7 Å². The average Bonchev–Trinajstić information content (AvgIpc) is 3.12. The van der Waals surface area contributed by atoms with Gasteiger partial charge in [-0.05, 0) is 38.0 Å². The minimum absolute atomic E-state index is 0.366. The van der Waals surface area contributed by atoms with Crippen LogP contribution in [0.25, 0.3) is 0 Å². The van der Waals surface area contributed by atoms with Gasteiger partial charge in [-0.1, -0.05) is 0 Å². The summed E-state index contributed by atoms with van der Waals surface area (Å²) in [5.41, 5.74) is 2.47. The van der Waals surface area contributed by atoms with Gasteiger partial charge < -0.3 is 15.3 Å². The highest BCUT2D eigenvalue weighted by Crippen LogP contribution is 2.40. The van der Waals surface area contributed by atoms with Crippen molar-refractivity contribution in [2.75, 3.05) is 16.8 Å². The number of hydrogen-bond donors (Lipinski definition) is 2. The SMILES string of the molecule is CC1CNc2ccc(C(=O)O)cc2N1C1CC1. The molecule has 4 nitrogen and oxygen atoms in total. The summed E-state index contributed by atoms with van der Waals surface area (Å²) in [5.74, 6) is -0.859. The molecule has 90 valence electrons. The van der Waals surface area contributed by atoms with Crippen molar-refractivity contribution in [2.24, 2.45) is 0 Å². The van der Waals surface area contributed by atoms with Gasteiger partial charge in [-0.3, -0.25) is 0 Å². The van der Waals surface area contributed by atoms with Gasteiger partial charge in [-0.2, -0.15) is 0 Å². The summed E-state index contributed by atoms with van der Waals surface area (Å²) in [6, 6.07) is 6.36. The van der Waals surface area contributed by atoms with Crippen molar-refractivity contribution >= 4 is 17.3 Å². The molecule has 2 aliphatic rings. The molecule has 1 aliphatic carbocycles. The molecule has 0 radical (unpaired) electrons. The van der Waals surface area contributed by atoms with E-state index in [1.54, 1.807) is 12.1 Å². The van der Waals surface area contributed by atoms with E-state index in [-0.39, 0.29) is 0 Å². The Morgan fingerprint density at radius 1 is 1.47 bits per heavy atom. The Morgan fingerprint density at radius 2 is 2.24 bits per heavy atom. The highest BCUT2D eigenvalue weighted by molar-refractivity contribution is 5.91. The second-order valence-corrected chi connectivity index (χ2v) is 4.91. The van der Waals surface area contributed by atoms with E-state index in [1.165, 1.54) is 12.8 Å². The second-order valence-electron chi connectivity index (χ2n) is 4.91. The van der Waals surface area contributed by atoms with Crippen LogP contribution in [0.15, 0.2) is 18.2 Å². The number of nitrogens with zero attached hydrogens (tertiary/aromatic N) is 1. The van der Waals surface area contributed by atoms with E-state index in [9.17, 15) is 4.79 Å². The fourth-order valence-corrected chi connectivity index (χ4v) is 2.53. The molecule has 0 amide bonds. The highest BCUT2D eigenvalue weighted by Gasteiger charge is 2.35. The number of carboxylic acids is 1.